The molecule has 0 radical (unpaired) electrons. The number of nitrogens with zero attached hydrogens (tertiary/aromatic N) is 1. The molecule has 2 rings (SSSR count). The molecule has 1 aliphatic heterocycles. The van der Waals surface area contributed by atoms with Crippen LogP contribution in [0.5, 0.6) is 0 Å². The number of likely N-dealkylation sites (N-methyl/N-ethyl adjacent to an activating group) is 1. The van der Waals surface area contributed by atoms with Crippen LogP contribution in [0.3, 0.4) is 0 Å². The van der Waals surface area contributed by atoms with Gasteiger partial charge in [-0.25, -0.2) is 0 Å². The molecule has 1 aliphatic rings. The molecule has 2 amide bonds. The normalized spacial score (nSPS) is 13.8. The molecule has 1 aromatic rings. The number of hydrogen-bond donors (Lipinski definition) is 1. The quantitative estimate of drug-likeness (QED) is 0.847. The summed E-state index contributed by atoms with van der Waals surface area (Å²) in [6.45, 7) is 6.39. The molecule has 1 N–H and O–H groups in total. The van der Waals surface area contributed by atoms with Gasteiger partial charge in [0.1, 0.15) is 12.3 Å². The molecule has 120 valence electrons. The van der Waals surface area contributed by atoms with Crippen LogP contribution in [0.4, 0.5) is 0 Å². The summed E-state index contributed by atoms with van der Waals surface area (Å²) in [5.41, 5.74) is 2.67. The molecule has 0 saturated carbocycles. The van der Waals surface area contributed by atoms with Gasteiger partial charge in [0.15, 0.2) is 0 Å². The van der Waals surface area contributed by atoms with Crippen molar-refractivity contribution in [1.29, 1.82) is 0 Å². The van der Waals surface area contributed by atoms with Crippen molar-refractivity contribution in [2.75, 3.05) is 7.05 Å². The fourth-order valence-corrected chi connectivity index (χ4v) is 2.54. The van der Waals surface area contributed by atoms with Gasteiger partial charge in [-0.3, -0.25) is 9.59 Å². The summed E-state index contributed by atoms with van der Waals surface area (Å²) in [5, 5.41) is 2.56. The highest BCUT2D eigenvalue weighted by Gasteiger charge is 2.35. The number of fused-ring (bicyclic) bond motifs is 1. The van der Waals surface area contributed by atoms with Crippen molar-refractivity contribution in [3.05, 3.63) is 34.9 Å². The minimum absolute atomic E-state index is 0.139. The fraction of sp³-hybridized carbons (Fsp3) is 0.471. The first-order valence-electron chi connectivity index (χ1n) is 7.64. The zero-order chi connectivity index (χ0) is 16.7. The molecule has 0 aromatic heterocycles. The first-order valence-corrected chi connectivity index (χ1v) is 7.64. The highest BCUT2D eigenvalue weighted by molar-refractivity contribution is 6.01. The maximum Gasteiger partial charge on any atom is 0.255 e. The Morgan fingerprint density at radius 2 is 2.09 bits per heavy atom. The number of rotatable bonds is 5. The molecule has 1 heterocycles. The van der Waals surface area contributed by atoms with Gasteiger partial charge < -0.3 is 15.0 Å². The SMILES string of the molecule is CC.CNC(=O)C(CCC=O)N1Cc2cc(C)ccc2C1=O. The van der Waals surface area contributed by atoms with Crippen LogP contribution >= 0.6 is 0 Å². The third kappa shape index (κ3) is 3.72. The van der Waals surface area contributed by atoms with E-state index in [1.54, 1.807) is 11.0 Å². The average molecular weight is 304 g/mol. The highest BCUT2D eigenvalue weighted by Crippen LogP contribution is 2.26. The zero-order valence-electron chi connectivity index (χ0n) is 13.7. The predicted molar refractivity (Wildman–Crippen MR) is 85.6 cm³/mol. The van der Waals surface area contributed by atoms with E-state index in [-0.39, 0.29) is 18.2 Å². The number of amides is 2. The maximum absolute atomic E-state index is 12.4. The summed E-state index contributed by atoms with van der Waals surface area (Å²) in [4.78, 5) is 36.4. The van der Waals surface area contributed by atoms with Crippen LogP contribution in [0.2, 0.25) is 0 Å². The number of hydrogen-bond acceptors (Lipinski definition) is 3. The molecule has 1 aromatic carbocycles. The van der Waals surface area contributed by atoms with Gasteiger partial charge in [0.2, 0.25) is 5.91 Å². The Morgan fingerprint density at radius 1 is 1.41 bits per heavy atom. The lowest BCUT2D eigenvalue weighted by atomic mass is 10.1. The van der Waals surface area contributed by atoms with Gasteiger partial charge in [-0.05, 0) is 25.0 Å². The zero-order valence-corrected chi connectivity index (χ0v) is 13.7. The lowest BCUT2D eigenvalue weighted by molar-refractivity contribution is -0.125. The van der Waals surface area contributed by atoms with Crippen LogP contribution in [-0.4, -0.2) is 36.1 Å². The average Bonchev–Trinajstić information content (AvgIpc) is 2.85. The van der Waals surface area contributed by atoms with E-state index in [0.717, 1.165) is 17.4 Å². The molecule has 5 heteroatoms. The monoisotopic (exact) mass is 304 g/mol. The van der Waals surface area contributed by atoms with Gasteiger partial charge in [0.25, 0.3) is 5.91 Å². The number of nitrogens with one attached hydrogen (secondary N) is 1. The van der Waals surface area contributed by atoms with Crippen LogP contribution in [0.25, 0.3) is 0 Å². The molecule has 1 unspecified atom stereocenters. The standard InChI is InChI=1S/C15H18N2O3.C2H6/c1-10-5-6-12-11(8-10)9-17(15(12)20)13(4-3-7-18)14(19)16-2;1-2/h5-8,13H,3-4,9H2,1-2H3,(H,16,19);1-2H3. The van der Waals surface area contributed by atoms with E-state index < -0.39 is 6.04 Å². The van der Waals surface area contributed by atoms with Crippen molar-refractivity contribution in [2.45, 2.75) is 46.2 Å². The van der Waals surface area contributed by atoms with Crippen molar-refractivity contribution in [2.24, 2.45) is 0 Å². The second kappa shape index (κ2) is 8.32. The smallest absolute Gasteiger partial charge is 0.255 e. The molecule has 5 nitrogen and oxygen atoms in total. The number of benzene rings is 1. The van der Waals surface area contributed by atoms with Gasteiger partial charge in [-0.15, -0.1) is 0 Å². The number of aryl methyl sites for hydroxylation is 1. The second-order valence-corrected chi connectivity index (χ2v) is 4.97. The van der Waals surface area contributed by atoms with Crippen molar-refractivity contribution >= 4 is 18.1 Å². The Kier molecular flexibility index (Phi) is 6.76. The first kappa shape index (κ1) is 17.9. The summed E-state index contributed by atoms with van der Waals surface area (Å²) in [6.07, 6.45) is 1.38. The number of aldehydes is 1. The lowest BCUT2D eigenvalue weighted by Gasteiger charge is -2.25. The van der Waals surface area contributed by atoms with Gasteiger partial charge in [-0.2, -0.15) is 0 Å². The summed E-state index contributed by atoms with van der Waals surface area (Å²) >= 11 is 0. The van der Waals surface area contributed by atoms with E-state index in [2.05, 4.69) is 5.32 Å². The Balaban J connectivity index is 0.00000116. The van der Waals surface area contributed by atoms with Crippen molar-refractivity contribution < 1.29 is 14.4 Å². The van der Waals surface area contributed by atoms with Crippen molar-refractivity contribution in [3.8, 4) is 0 Å². The Bertz CT molecular complexity index is 555. The summed E-state index contributed by atoms with van der Waals surface area (Å²) in [5.74, 6) is -0.371. The van der Waals surface area contributed by atoms with Crippen LogP contribution < -0.4 is 5.32 Å². The highest BCUT2D eigenvalue weighted by atomic mass is 16.2. The maximum atomic E-state index is 12.4. The van der Waals surface area contributed by atoms with E-state index in [4.69, 9.17) is 0 Å². The van der Waals surface area contributed by atoms with Crippen molar-refractivity contribution in [1.82, 2.24) is 10.2 Å². The van der Waals surface area contributed by atoms with E-state index in [1.807, 2.05) is 32.9 Å². The minimum atomic E-state index is -0.592. The van der Waals surface area contributed by atoms with Gasteiger partial charge >= 0.3 is 0 Å². The molecule has 0 bridgehead atoms. The molecular weight excluding hydrogens is 280 g/mol. The van der Waals surface area contributed by atoms with E-state index in [9.17, 15) is 14.4 Å². The lowest BCUT2D eigenvalue weighted by Crippen LogP contribution is -2.46. The van der Waals surface area contributed by atoms with Crippen LogP contribution in [0, 0.1) is 6.92 Å². The summed E-state index contributed by atoms with van der Waals surface area (Å²) in [7, 11) is 1.54. The molecule has 0 fully saturated rings. The molecule has 0 spiro atoms. The summed E-state index contributed by atoms with van der Waals surface area (Å²) in [6, 6.07) is 5.06. The Labute approximate surface area is 131 Å². The van der Waals surface area contributed by atoms with Gasteiger partial charge in [-0.1, -0.05) is 31.5 Å². The molecule has 0 aliphatic carbocycles. The Morgan fingerprint density at radius 3 is 2.68 bits per heavy atom. The molecule has 22 heavy (non-hydrogen) atoms. The first-order chi connectivity index (χ1) is 10.6. The molecule has 0 saturated heterocycles. The van der Waals surface area contributed by atoms with Crippen LogP contribution in [0.15, 0.2) is 18.2 Å². The van der Waals surface area contributed by atoms with E-state index >= 15 is 0 Å². The third-order valence-electron chi connectivity index (χ3n) is 3.58. The van der Waals surface area contributed by atoms with Crippen LogP contribution in [-0.2, 0) is 16.1 Å². The van der Waals surface area contributed by atoms with Gasteiger partial charge in [0, 0.05) is 25.6 Å². The molecular formula is C17H24N2O3. The minimum Gasteiger partial charge on any atom is -0.357 e. The summed E-state index contributed by atoms with van der Waals surface area (Å²) < 4.78 is 0. The topological polar surface area (TPSA) is 66.5 Å². The third-order valence-corrected chi connectivity index (χ3v) is 3.58. The Hall–Kier alpha value is -2.17. The van der Waals surface area contributed by atoms with Crippen LogP contribution in [0.1, 0.15) is 48.2 Å². The molecule has 1 atom stereocenters. The van der Waals surface area contributed by atoms with E-state index in [0.29, 0.717) is 18.5 Å². The second-order valence-electron chi connectivity index (χ2n) is 4.97. The van der Waals surface area contributed by atoms with E-state index in [1.165, 1.54) is 7.05 Å². The number of carbonyl (C=O) groups is 3. The fourth-order valence-electron chi connectivity index (χ4n) is 2.54. The van der Waals surface area contributed by atoms with Crippen molar-refractivity contribution in [3.63, 3.8) is 0 Å². The predicted octanol–water partition coefficient (Wildman–Crippen LogP) is 2.07. The number of carbonyl (C=O) groups excluding carboxylic acids is 3. The van der Waals surface area contributed by atoms with Gasteiger partial charge in [0.05, 0.1) is 0 Å². The largest absolute Gasteiger partial charge is 0.357 e.